The van der Waals surface area contributed by atoms with Gasteiger partial charge in [-0.25, -0.2) is 5.01 Å². The molecule has 114 valence electrons. The molecule has 5 rings (SSSR count). The van der Waals surface area contributed by atoms with Gasteiger partial charge < -0.3 is 4.74 Å². The van der Waals surface area contributed by atoms with Crippen LogP contribution in [0.2, 0.25) is 0 Å². The number of hydrazone groups is 1. The number of hydrogen-bond donors (Lipinski definition) is 0. The van der Waals surface area contributed by atoms with Crippen LogP contribution in [-0.2, 0) is 0 Å². The lowest BCUT2D eigenvalue weighted by atomic mass is 9.98. The lowest BCUT2D eigenvalue weighted by molar-refractivity contribution is -0.0165. The maximum Gasteiger partial charge on any atom is 0.222 e. The van der Waals surface area contributed by atoms with E-state index in [0.717, 1.165) is 17.9 Å². The smallest absolute Gasteiger partial charge is 0.222 e. The zero-order chi connectivity index (χ0) is 15.2. The number of ether oxygens (including phenoxy) is 1. The molecule has 0 radical (unpaired) electrons. The topological polar surface area (TPSA) is 24.8 Å². The highest BCUT2D eigenvalue weighted by molar-refractivity contribution is 7.12. The second kappa shape index (κ2) is 5.22. The van der Waals surface area contributed by atoms with Crippen LogP contribution < -0.4 is 4.74 Å². The zero-order valence-electron chi connectivity index (χ0n) is 12.3. The van der Waals surface area contributed by atoms with Crippen molar-refractivity contribution < 1.29 is 4.74 Å². The molecule has 23 heavy (non-hydrogen) atoms. The average Bonchev–Trinajstić information content (AvgIpc) is 3.34. The molecule has 1 aromatic carbocycles. The maximum absolute atomic E-state index is 6.29. The van der Waals surface area contributed by atoms with Crippen molar-refractivity contribution in [2.75, 3.05) is 0 Å². The molecule has 2 aromatic heterocycles. The van der Waals surface area contributed by atoms with E-state index in [4.69, 9.17) is 9.84 Å². The molecule has 2 aliphatic heterocycles. The van der Waals surface area contributed by atoms with E-state index < -0.39 is 0 Å². The van der Waals surface area contributed by atoms with Crippen LogP contribution in [0.5, 0.6) is 5.75 Å². The van der Waals surface area contributed by atoms with Gasteiger partial charge in [-0.05, 0) is 29.0 Å². The molecule has 3 aromatic rings. The van der Waals surface area contributed by atoms with E-state index in [1.165, 1.54) is 15.3 Å². The first-order valence-corrected chi connectivity index (χ1v) is 9.35. The fourth-order valence-electron chi connectivity index (χ4n) is 3.25. The van der Waals surface area contributed by atoms with E-state index in [9.17, 15) is 0 Å². The molecule has 5 heteroatoms. The van der Waals surface area contributed by atoms with Crippen molar-refractivity contribution in [3.8, 4) is 5.75 Å². The molecule has 0 N–H and O–H groups in total. The SMILES string of the molecule is c1csc(C2=NN3[C@H](C2)c2ccccc2O[C@@H]3c2cccs2)c1. The first-order chi connectivity index (χ1) is 11.4. The van der Waals surface area contributed by atoms with Crippen LogP contribution in [0.25, 0.3) is 0 Å². The average molecular weight is 338 g/mol. The molecule has 0 spiro atoms. The van der Waals surface area contributed by atoms with Gasteiger partial charge in [0, 0.05) is 12.0 Å². The summed E-state index contributed by atoms with van der Waals surface area (Å²) < 4.78 is 6.29. The fraction of sp³-hybridized carbons (Fsp3) is 0.167. The van der Waals surface area contributed by atoms with Crippen molar-refractivity contribution in [2.45, 2.75) is 18.7 Å². The highest BCUT2D eigenvalue weighted by Gasteiger charge is 2.41. The van der Waals surface area contributed by atoms with Crippen LogP contribution >= 0.6 is 22.7 Å². The van der Waals surface area contributed by atoms with Crippen LogP contribution in [0.15, 0.2) is 64.4 Å². The van der Waals surface area contributed by atoms with Gasteiger partial charge in [-0.15, -0.1) is 22.7 Å². The second-order valence-electron chi connectivity index (χ2n) is 5.65. The largest absolute Gasteiger partial charge is 0.464 e. The van der Waals surface area contributed by atoms with E-state index >= 15 is 0 Å². The molecule has 3 nitrogen and oxygen atoms in total. The molecule has 0 bridgehead atoms. The lowest BCUT2D eigenvalue weighted by Crippen LogP contribution is -2.33. The molecule has 0 saturated carbocycles. The van der Waals surface area contributed by atoms with Crippen molar-refractivity contribution in [1.29, 1.82) is 0 Å². The Bertz CT molecular complexity index is 855. The van der Waals surface area contributed by atoms with Crippen molar-refractivity contribution in [2.24, 2.45) is 5.10 Å². The summed E-state index contributed by atoms with van der Waals surface area (Å²) in [6.07, 6.45) is 0.801. The summed E-state index contributed by atoms with van der Waals surface area (Å²) in [6, 6.07) is 17.0. The Labute approximate surface area is 142 Å². The summed E-state index contributed by atoms with van der Waals surface area (Å²) in [5, 5.41) is 11.3. The van der Waals surface area contributed by atoms with Crippen LogP contribution in [-0.4, -0.2) is 10.7 Å². The number of hydrogen-bond acceptors (Lipinski definition) is 5. The minimum atomic E-state index is -0.132. The molecule has 0 amide bonds. The van der Waals surface area contributed by atoms with Gasteiger partial charge in [0.2, 0.25) is 6.23 Å². The van der Waals surface area contributed by atoms with Gasteiger partial charge in [0.15, 0.2) is 0 Å². The first kappa shape index (κ1) is 13.3. The third-order valence-corrected chi connectivity index (χ3v) is 6.11. The zero-order valence-corrected chi connectivity index (χ0v) is 13.9. The Morgan fingerprint density at radius 3 is 2.70 bits per heavy atom. The number of rotatable bonds is 2. The van der Waals surface area contributed by atoms with Gasteiger partial charge in [0.05, 0.1) is 21.5 Å². The number of nitrogens with zero attached hydrogens (tertiary/aromatic N) is 2. The molecule has 4 heterocycles. The Kier molecular flexibility index (Phi) is 3.02. The minimum Gasteiger partial charge on any atom is -0.464 e. The summed E-state index contributed by atoms with van der Waals surface area (Å²) in [5.41, 5.74) is 2.39. The molecular weight excluding hydrogens is 324 g/mol. The number of thiophene rings is 2. The van der Waals surface area contributed by atoms with Crippen LogP contribution in [0, 0.1) is 0 Å². The summed E-state index contributed by atoms with van der Waals surface area (Å²) >= 11 is 3.47. The predicted molar refractivity (Wildman–Crippen MR) is 94.2 cm³/mol. The highest BCUT2D eigenvalue weighted by Crippen LogP contribution is 2.48. The number of benzene rings is 1. The molecular formula is C18H14N2OS2. The van der Waals surface area contributed by atoms with Gasteiger partial charge in [-0.3, -0.25) is 0 Å². The van der Waals surface area contributed by atoms with E-state index in [0.29, 0.717) is 0 Å². The molecule has 0 fully saturated rings. The van der Waals surface area contributed by atoms with Crippen molar-refractivity contribution in [1.82, 2.24) is 5.01 Å². The summed E-state index contributed by atoms with van der Waals surface area (Å²) in [5.74, 6) is 0.981. The van der Waals surface area contributed by atoms with E-state index in [-0.39, 0.29) is 12.3 Å². The Morgan fingerprint density at radius 1 is 1.00 bits per heavy atom. The molecule has 2 aliphatic rings. The van der Waals surface area contributed by atoms with Crippen molar-refractivity contribution in [3.05, 3.63) is 74.6 Å². The van der Waals surface area contributed by atoms with Gasteiger partial charge in [0.1, 0.15) is 5.75 Å². The molecule has 2 atom stereocenters. The van der Waals surface area contributed by atoms with Gasteiger partial charge in [-0.2, -0.15) is 5.10 Å². The monoisotopic (exact) mass is 338 g/mol. The minimum absolute atomic E-state index is 0.132. The fourth-order valence-corrected chi connectivity index (χ4v) is 4.71. The molecule has 0 unspecified atom stereocenters. The Balaban J connectivity index is 1.62. The van der Waals surface area contributed by atoms with Crippen molar-refractivity contribution in [3.63, 3.8) is 0 Å². The second-order valence-corrected chi connectivity index (χ2v) is 7.57. The quantitative estimate of drug-likeness (QED) is 0.653. The van der Waals surface area contributed by atoms with Crippen LogP contribution in [0.4, 0.5) is 0 Å². The first-order valence-electron chi connectivity index (χ1n) is 7.59. The maximum atomic E-state index is 6.29. The number of para-hydroxylation sites is 1. The predicted octanol–water partition coefficient (Wildman–Crippen LogP) is 5.05. The van der Waals surface area contributed by atoms with E-state index in [1.54, 1.807) is 22.7 Å². The van der Waals surface area contributed by atoms with Gasteiger partial charge in [-0.1, -0.05) is 30.3 Å². The van der Waals surface area contributed by atoms with Gasteiger partial charge in [0.25, 0.3) is 0 Å². The summed E-state index contributed by atoms with van der Waals surface area (Å²) in [7, 11) is 0. The highest BCUT2D eigenvalue weighted by atomic mass is 32.1. The van der Waals surface area contributed by atoms with E-state index in [2.05, 4.69) is 58.2 Å². The Morgan fingerprint density at radius 2 is 1.87 bits per heavy atom. The Hall–Kier alpha value is -2.11. The third-order valence-electron chi connectivity index (χ3n) is 4.29. The number of fused-ring (bicyclic) bond motifs is 3. The standard InChI is InChI=1S/C18H14N2OS2/c1-2-6-15-12(5-1)14-11-13(16-7-3-9-22-16)19-20(14)18(21-15)17-8-4-10-23-17/h1-10,14,18H,11H2/t14-,18-/m1/s1. The van der Waals surface area contributed by atoms with Crippen LogP contribution in [0.1, 0.15) is 34.0 Å². The van der Waals surface area contributed by atoms with Crippen molar-refractivity contribution >= 4 is 28.4 Å². The van der Waals surface area contributed by atoms with E-state index in [1.807, 2.05) is 6.07 Å². The normalized spacial score (nSPS) is 22.3. The third kappa shape index (κ3) is 2.11. The molecule has 0 aliphatic carbocycles. The van der Waals surface area contributed by atoms with Crippen LogP contribution in [0.3, 0.4) is 0 Å². The summed E-state index contributed by atoms with van der Waals surface area (Å²) in [6.45, 7) is 0. The van der Waals surface area contributed by atoms with Gasteiger partial charge >= 0.3 is 0 Å². The lowest BCUT2D eigenvalue weighted by Gasteiger charge is -2.37. The summed E-state index contributed by atoms with van der Waals surface area (Å²) in [4.78, 5) is 2.45. The molecule has 0 saturated heterocycles.